The summed E-state index contributed by atoms with van der Waals surface area (Å²) in [5.74, 6) is 0.0753. The topological polar surface area (TPSA) is 58.4 Å². The van der Waals surface area contributed by atoms with Gasteiger partial charge in [0.1, 0.15) is 5.82 Å². The number of nitrogens with zero attached hydrogens (tertiary/aromatic N) is 2. The average molecular weight is 267 g/mol. The first-order valence-electron chi connectivity index (χ1n) is 6.44. The molecule has 0 spiro atoms. The van der Waals surface area contributed by atoms with Gasteiger partial charge in [0.15, 0.2) is 0 Å². The summed E-state index contributed by atoms with van der Waals surface area (Å²) in [6, 6.07) is 3.77. The van der Waals surface area contributed by atoms with Crippen molar-refractivity contribution in [2.75, 3.05) is 31.6 Å². The van der Waals surface area contributed by atoms with Crippen LogP contribution in [0.2, 0.25) is 0 Å². The van der Waals surface area contributed by atoms with Crippen molar-refractivity contribution >= 4 is 11.4 Å². The highest BCUT2D eigenvalue weighted by Gasteiger charge is 2.21. The summed E-state index contributed by atoms with van der Waals surface area (Å²) in [7, 11) is 1.93. The summed E-state index contributed by atoms with van der Waals surface area (Å²) in [5.41, 5.74) is 0.418. The Kier molecular flexibility index (Phi) is 4.31. The first-order valence-corrected chi connectivity index (χ1v) is 6.44. The van der Waals surface area contributed by atoms with E-state index in [1.54, 1.807) is 0 Å². The molecule has 0 saturated carbocycles. The molecule has 104 valence electrons. The van der Waals surface area contributed by atoms with E-state index < -0.39 is 10.7 Å². The monoisotopic (exact) mass is 267 g/mol. The zero-order chi connectivity index (χ0) is 13.8. The molecule has 1 N–H and O–H groups in total. The standard InChI is InChI=1S/C13H18FN3O2/c1-15-9-10-2-4-16(5-3-10)12-6-11(14)7-13(8-12)17(18)19/h6-8,10,15H,2-5,9H2,1H3. The molecule has 0 aromatic heterocycles. The molecule has 6 heteroatoms. The Bertz CT molecular complexity index is 459. The first-order chi connectivity index (χ1) is 9.10. The lowest BCUT2D eigenvalue weighted by molar-refractivity contribution is -0.385. The van der Waals surface area contributed by atoms with Gasteiger partial charge in [0.25, 0.3) is 5.69 Å². The summed E-state index contributed by atoms with van der Waals surface area (Å²) in [5, 5.41) is 13.9. The van der Waals surface area contributed by atoms with Gasteiger partial charge in [0.2, 0.25) is 0 Å². The molecule has 5 nitrogen and oxygen atoms in total. The Morgan fingerprint density at radius 3 is 2.68 bits per heavy atom. The number of nitro benzene ring substituents is 1. The fraction of sp³-hybridized carbons (Fsp3) is 0.538. The Morgan fingerprint density at radius 2 is 2.11 bits per heavy atom. The highest BCUT2D eigenvalue weighted by molar-refractivity contribution is 5.53. The Hall–Kier alpha value is -1.69. The van der Waals surface area contributed by atoms with E-state index in [1.165, 1.54) is 12.1 Å². The van der Waals surface area contributed by atoms with Gasteiger partial charge in [-0.2, -0.15) is 0 Å². The van der Waals surface area contributed by atoms with E-state index in [-0.39, 0.29) is 5.69 Å². The number of non-ortho nitro benzene ring substituents is 1. The molecule has 0 amide bonds. The maximum absolute atomic E-state index is 13.4. The number of hydrogen-bond acceptors (Lipinski definition) is 4. The maximum atomic E-state index is 13.4. The molecule has 1 fully saturated rings. The Labute approximate surface area is 111 Å². The third-order valence-corrected chi connectivity index (χ3v) is 3.55. The van der Waals surface area contributed by atoms with Crippen LogP contribution in [-0.4, -0.2) is 31.6 Å². The van der Waals surface area contributed by atoms with Gasteiger partial charge >= 0.3 is 0 Å². The second kappa shape index (κ2) is 5.97. The van der Waals surface area contributed by atoms with Crippen LogP contribution in [0.1, 0.15) is 12.8 Å². The van der Waals surface area contributed by atoms with Crippen LogP contribution in [0.15, 0.2) is 18.2 Å². The van der Waals surface area contributed by atoms with E-state index in [4.69, 9.17) is 0 Å². The molecule has 1 aliphatic rings. The fourth-order valence-corrected chi connectivity index (χ4v) is 2.53. The van der Waals surface area contributed by atoms with Crippen LogP contribution in [0, 0.1) is 21.8 Å². The Balaban J connectivity index is 2.09. The van der Waals surface area contributed by atoms with Crippen molar-refractivity contribution in [3.05, 3.63) is 34.1 Å². The fourth-order valence-electron chi connectivity index (χ4n) is 2.53. The van der Waals surface area contributed by atoms with Gasteiger partial charge in [-0.1, -0.05) is 0 Å². The van der Waals surface area contributed by atoms with E-state index in [9.17, 15) is 14.5 Å². The normalized spacial score (nSPS) is 16.6. The molecular weight excluding hydrogens is 249 g/mol. The number of anilines is 1. The molecular formula is C13H18FN3O2. The zero-order valence-electron chi connectivity index (χ0n) is 10.9. The molecule has 1 heterocycles. The third-order valence-electron chi connectivity index (χ3n) is 3.55. The van der Waals surface area contributed by atoms with Crippen LogP contribution in [0.25, 0.3) is 0 Å². The Morgan fingerprint density at radius 1 is 1.42 bits per heavy atom. The van der Waals surface area contributed by atoms with Crippen LogP contribution < -0.4 is 10.2 Å². The maximum Gasteiger partial charge on any atom is 0.274 e. The molecule has 19 heavy (non-hydrogen) atoms. The van der Waals surface area contributed by atoms with Crippen molar-refractivity contribution in [1.82, 2.24) is 5.32 Å². The van der Waals surface area contributed by atoms with E-state index in [1.807, 2.05) is 11.9 Å². The largest absolute Gasteiger partial charge is 0.371 e. The molecule has 2 rings (SSSR count). The predicted molar refractivity (Wildman–Crippen MR) is 71.9 cm³/mol. The van der Waals surface area contributed by atoms with Crippen molar-refractivity contribution in [3.63, 3.8) is 0 Å². The summed E-state index contributed by atoms with van der Waals surface area (Å²) in [6.45, 7) is 2.61. The second-order valence-corrected chi connectivity index (χ2v) is 4.91. The molecule has 1 aromatic carbocycles. The number of hydrogen-bond donors (Lipinski definition) is 1. The molecule has 1 saturated heterocycles. The third kappa shape index (κ3) is 3.41. The van der Waals surface area contributed by atoms with E-state index >= 15 is 0 Å². The first kappa shape index (κ1) is 13.7. The van der Waals surface area contributed by atoms with Crippen LogP contribution in [0.5, 0.6) is 0 Å². The van der Waals surface area contributed by atoms with Crippen LogP contribution >= 0.6 is 0 Å². The molecule has 0 bridgehead atoms. The molecule has 0 unspecified atom stereocenters. The van der Waals surface area contributed by atoms with Crippen molar-refractivity contribution in [2.24, 2.45) is 5.92 Å². The van der Waals surface area contributed by atoms with Gasteiger partial charge in [-0.15, -0.1) is 0 Å². The number of benzene rings is 1. The van der Waals surface area contributed by atoms with Crippen molar-refractivity contribution in [1.29, 1.82) is 0 Å². The highest BCUT2D eigenvalue weighted by Crippen LogP contribution is 2.27. The highest BCUT2D eigenvalue weighted by atomic mass is 19.1. The summed E-state index contributed by atoms with van der Waals surface area (Å²) in [6.07, 6.45) is 2.04. The van der Waals surface area contributed by atoms with Crippen LogP contribution in [0.3, 0.4) is 0 Å². The van der Waals surface area contributed by atoms with Crippen LogP contribution in [-0.2, 0) is 0 Å². The van der Waals surface area contributed by atoms with Crippen molar-refractivity contribution in [3.8, 4) is 0 Å². The number of rotatable bonds is 4. The van der Waals surface area contributed by atoms with Gasteiger partial charge in [-0.25, -0.2) is 4.39 Å². The molecule has 0 atom stereocenters. The van der Waals surface area contributed by atoms with Crippen molar-refractivity contribution < 1.29 is 9.31 Å². The number of piperidine rings is 1. The minimum atomic E-state index is -0.555. The SMILES string of the molecule is CNCC1CCN(c2cc(F)cc([N+](=O)[O-])c2)CC1. The smallest absolute Gasteiger partial charge is 0.274 e. The number of nitro groups is 1. The van der Waals surface area contributed by atoms with Gasteiger partial charge in [-0.05, 0) is 38.4 Å². The number of nitrogens with one attached hydrogen (secondary N) is 1. The van der Waals surface area contributed by atoms with Gasteiger partial charge in [-0.3, -0.25) is 10.1 Å². The van der Waals surface area contributed by atoms with Crippen molar-refractivity contribution in [2.45, 2.75) is 12.8 Å². The zero-order valence-corrected chi connectivity index (χ0v) is 10.9. The van der Waals surface area contributed by atoms with Gasteiger partial charge in [0, 0.05) is 24.8 Å². The van der Waals surface area contributed by atoms with E-state index in [2.05, 4.69) is 5.32 Å². The lowest BCUT2D eigenvalue weighted by Gasteiger charge is -2.33. The quantitative estimate of drug-likeness (QED) is 0.671. The second-order valence-electron chi connectivity index (χ2n) is 4.91. The molecule has 1 aliphatic heterocycles. The molecule has 0 radical (unpaired) electrons. The summed E-state index contributed by atoms with van der Waals surface area (Å²) in [4.78, 5) is 12.2. The van der Waals surface area contributed by atoms with E-state index in [0.717, 1.165) is 38.5 Å². The lowest BCUT2D eigenvalue weighted by Crippen LogP contribution is -2.36. The summed E-state index contributed by atoms with van der Waals surface area (Å²) < 4.78 is 13.4. The van der Waals surface area contributed by atoms with Gasteiger partial charge in [0.05, 0.1) is 11.0 Å². The average Bonchev–Trinajstić information content (AvgIpc) is 2.39. The molecule has 0 aliphatic carbocycles. The predicted octanol–water partition coefficient (Wildman–Crippen LogP) is 2.17. The minimum Gasteiger partial charge on any atom is -0.371 e. The number of halogens is 1. The summed E-state index contributed by atoms with van der Waals surface area (Å²) >= 11 is 0. The lowest BCUT2D eigenvalue weighted by atomic mass is 9.96. The molecule has 1 aromatic rings. The van der Waals surface area contributed by atoms with E-state index in [0.29, 0.717) is 11.6 Å². The van der Waals surface area contributed by atoms with Gasteiger partial charge < -0.3 is 10.2 Å². The minimum absolute atomic E-state index is 0.188. The van der Waals surface area contributed by atoms with Crippen LogP contribution in [0.4, 0.5) is 15.8 Å².